The van der Waals surface area contributed by atoms with Crippen LogP contribution in [-0.4, -0.2) is 66.3 Å². The molecule has 0 heterocycles. The summed E-state index contributed by atoms with van der Waals surface area (Å²) < 4.78 is 10.7. The molecule has 1 atom stereocenters. The molecular weight excluding hydrogens is 389 g/mol. The van der Waals surface area contributed by atoms with E-state index >= 15 is 0 Å². The van der Waals surface area contributed by atoms with Crippen LogP contribution in [0.3, 0.4) is 0 Å². The Morgan fingerprint density at radius 1 is 1.19 bits per heavy atom. The van der Waals surface area contributed by atoms with E-state index in [2.05, 4.69) is 5.32 Å². The maximum Gasteiger partial charge on any atom is 0.414 e. The molecule has 10 heteroatoms. The van der Waals surface area contributed by atoms with Crippen LogP contribution >= 0.6 is 23.2 Å². The number of hydrogen-bond donors (Lipinski definition) is 4. The molecule has 1 unspecified atom stereocenters. The van der Waals surface area contributed by atoms with E-state index in [1.807, 2.05) is 6.92 Å². The highest BCUT2D eigenvalue weighted by atomic mass is 35.5. The molecule has 0 saturated heterocycles. The summed E-state index contributed by atoms with van der Waals surface area (Å²) in [6.07, 6.45) is 0.298. The molecule has 1 rings (SSSR count). The smallest absolute Gasteiger partial charge is 0.414 e. The highest BCUT2D eigenvalue weighted by Crippen LogP contribution is 2.32. The summed E-state index contributed by atoms with van der Waals surface area (Å²) in [6.45, 7) is 4.81. The first kappa shape index (κ1) is 24.4. The molecule has 4 N–H and O–H groups in total. The van der Waals surface area contributed by atoms with E-state index in [9.17, 15) is 5.11 Å². The van der Waals surface area contributed by atoms with E-state index in [4.69, 9.17) is 52.5 Å². The van der Waals surface area contributed by atoms with Crippen molar-refractivity contribution >= 4 is 35.1 Å². The van der Waals surface area contributed by atoms with Gasteiger partial charge in [-0.2, -0.15) is 0 Å². The number of halogens is 2. The van der Waals surface area contributed by atoms with Gasteiger partial charge in [-0.3, -0.25) is 0 Å². The second kappa shape index (κ2) is 14.6. The number of nitrogens with one attached hydrogen (secondary N) is 1. The number of para-hydroxylation sites is 1. The van der Waals surface area contributed by atoms with Gasteiger partial charge in [-0.05, 0) is 32.0 Å². The highest BCUT2D eigenvalue weighted by Gasteiger charge is 2.10. The third-order valence-corrected chi connectivity index (χ3v) is 3.34. The van der Waals surface area contributed by atoms with Crippen molar-refractivity contribution in [3.05, 3.63) is 28.2 Å². The average Bonchev–Trinajstić information content (AvgIpc) is 2.58. The molecule has 0 bridgehead atoms. The van der Waals surface area contributed by atoms with Crippen LogP contribution in [0.4, 0.5) is 0 Å². The third kappa shape index (κ3) is 11.9. The van der Waals surface area contributed by atoms with Gasteiger partial charge in [-0.25, -0.2) is 9.59 Å². The van der Waals surface area contributed by atoms with Crippen LogP contribution in [-0.2, 0) is 14.3 Å². The molecule has 1 aromatic rings. The Hall–Kier alpha value is -1.58. The molecule has 0 aliphatic heterocycles. The lowest BCUT2D eigenvalue weighted by molar-refractivity contribution is -0.159. The molecule has 0 aromatic heterocycles. The number of aliphatic hydroxyl groups is 1. The number of carbonyl (C=O) groups is 2. The second-order valence-corrected chi connectivity index (χ2v) is 5.69. The molecule has 0 amide bonds. The van der Waals surface area contributed by atoms with Crippen LogP contribution in [0.2, 0.25) is 10.0 Å². The number of hydrogen-bond acceptors (Lipinski definition) is 6. The highest BCUT2D eigenvalue weighted by molar-refractivity contribution is 6.37. The van der Waals surface area contributed by atoms with E-state index in [0.717, 1.165) is 26.2 Å². The number of ether oxygens (including phenoxy) is 2. The van der Waals surface area contributed by atoms with Crippen molar-refractivity contribution in [2.24, 2.45) is 0 Å². The largest absolute Gasteiger partial charge is 0.488 e. The normalized spacial score (nSPS) is 11.2. The van der Waals surface area contributed by atoms with Crippen molar-refractivity contribution in [3.63, 3.8) is 0 Å². The second-order valence-electron chi connectivity index (χ2n) is 4.88. The van der Waals surface area contributed by atoms with Crippen molar-refractivity contribution < 1.29 is 34.4 Å². The Labute approximate surface area is 161 Å². The van der Waals surface area contributed by atoms with E-state index in [0.29, 0.717) is 22.3 Å². The Bertz CT molecular complexity index is 525. The number of rotatable bonds is 10. The van der Waals surface area contributed by atoms with Gasteiger partial charge in [-0.1, -0.05) is 29.3 Å². The average molecular weight is 412 g/mol. The Kier molecular flexibility index (Phi) is 13.7. The number of carboxylic acids is 2. The summed E-state index contributed by atoms with van der Waals surface area (Å²) in [5.74, 6) is -3.24. The van der Waals surface area contributed by atoms with Gasteiger partial charge in [0.15, 0.2) is 5.75 Å². The quantitative estimate of drug-likeness (QED) is 0.339. The van der Waals surface area contributed by atoms with E-state index in [1.54, 1.807) is 18.2 Å². The fraction of sp³-hybridized carbons (Fsp3) is 0.500. The van der Waals surface area contributed by atoms with E-state index in [-0.39, 0.29) is 6.61 Å². The standard InChI is InChI=1S/C14H21Cl2NO3.C2H2O4/c1-2-19-8-4-7-17-9-11(18)10-20-14-12(15)5-3-6-13(14)16;3-1(4)2(5)6/h3,5-6,11,17-18H,2,4,7-10H2,1H3;(H,3,4)(H,5,6). The summed E-state index contributed by atoms with van der Waals surface area (Å²) >= 11 is 11.9. The zero-order valence-corrected chi connectivity index (χ0v) is 15.8. The Balaban J connectivity index is 0.000000896. The van der Waals surface area contributed by atoms with Crippen molar-refractivity contribution in [2.75, 3.05) is 32.9 Å². The van der Waals surface area contributed by atoms with Gasteiger partial charge in [0.25, 0.3) is 0 Å². The lowest BCUT2D eigenvalue weighted by Gasteiger charge is -2.14. The van der Waals surface area contributed by atoms with Crippen LogP contribution < -0.4 is 10.1 Å². The van der Waals surface area contributed by atoms with Crippen molar-refractivity contribution in [1.29, 1.82) is 0 Å². The van der Waals surface area contributed by atoms with Crippen molar-refractivity contribution in [1.82, 2.24) is 5.32 Å². The van der Waals surface area contributed by atoms with Crippen molar-refractivity contribution in [3.8, 4) is 5.75 Å². The van der Waals surface area contributed by atoms with Gasteiger partial charge in [0, 0.05) is 19.8 Å². The van der Waals surface area contributed by atoms with Gasteiger partial charge in [0.2, 0.25) is 0 Å². The SMILES string of the molecule is CCOCCCNCC(O)COc1c(Cl)cccc1Cl.O=C(O)C(=O)O. The van der Waals surface area contributed by atoms with Gasteiger partial charge in [0.05, 0.1) is 10.0 Å². The number of benzene rings is 1. The predicted molar refractivity (Wildman–Crippen MR) is 97.2 cm³/mol. The number of carboxylic acid groups (broad SMARTS) is 2. The molecule has 26 heavy (non-hydrogen) atoms. The maximum atomic E-state index is 9.79. The summed E-state index contributed by atoms with van der Waals surface area (Å²) in [6, 6.07) is 5.14. The van der Waals surface area contributed by atoms with Crippen LogP contribution in [0.15, 0.2) is 18.2 Å². The minimum absolute atomic E-state index is 0.141. The minimum atomic E-state index is -1.82. The lowest BCUT2D eigenvalue weighted by Crippen LogP contribution is -2.32. The van der Waals surface area contributed by atoms with Gasteiger partial charge >= 0.3 is 11.9 Å². The first-order valence-corrected chi connectivity index (χ1v) is 8.54. The molecule has 0 radical (unpaired) electrons. The predicted octanol–water partition coefficient (Wildman–Crippen LogP) is 1.90. The van der Waals surface area contributed by atoms with Crippen molar-refractivity contribution in [2.45, 2.75) is 19.4 Å². The zero-order chi connectivity index (χ0) is 19.9. The first-order valence-electron chi connectivity index (χ1n) is 7.79. The number of aliphatic hydroxyl groups excluding tert-OH is 1. The molecule has 8 nitrogen and oxygen atoms in total. The minimum Gasteiger partial charge on any atom is -0.488 e. The molecule has 148 valence electrons. The Morgan fingerprint density at radius 3 is 2.27 bits per heavy atom. The van der Waals surface area contributed by atoms with Crippen LogP contribution in [0.5, 0.6) is 5.75 Å². The molecule has 1 aromatic carbocycles. The fourth-order valence-corrected chi connectivity index (χ4v) is 2.08. The molecule has 0 aliphatic carbocycles. The summed E-state index contributed by atoms with van der Waals surface area (Å²) in [7, 11) is 0. The summed E-state index contributed by atoms with van der Waals surface area (Å²) in [4.78, 5) is 18.2. The third-order valence-electron chi connectivity index (χ3n) is 2.75. The molecule has 0 spiro atoms. The summed E-state index contributed by atoms with van der Waals surface area (Å²) in [5, 5.41) is 28.6. The number of aliphatic carboxylic acids is 2. The fourth-order valence-electron chi connectivity index (χ4n) is 1.57. The van der Waals surface area contributed by atoms with Gasteiger partial charge in [0.1, 0.15) is 12.7 Å². The van der Waals surface area contributed by atoms with Gasteiger partial charge < -0.3 is 30.1 Å². The van der Waals surface area contributed by atoms with Gasteiger partial charge in [-0.15, -0.1) is 0 Å². The monoisotopic (exact) mass is 411 g/mol. The molecule has 0 saturated carbocycles. The lowest BCUT2D eigenvalue weighted by atomic mass is 10.3. The van der Waals surface area contributed by atoms with Crippen LogP contribution in [0, 0.1) is 0 Å². The molecular formula is C16H23Cl2NO7. The topological polar surface area (TPSA) is 125 Å². The zero-order valence-electron chi connectivity index (χ0n) is 14.3. The van der Waals surface area contributed by atoms with Crippen LogP contribution in [0.1, 0.15) is 13.3 Å². The summed E-state index contributed by atoms with van der Waals surface area (Å²) in [5.41, 5.74) is 0. The molecule has 0 fully saturated rings. The van der Waals surface area contributed by atoms with Crippen LogP contribution in [0.25, 0.3) is 0 Å². The van der Waals surface area contributed by atoms with E-state index < -0.39 is 18.0 Å². The molecule has 0 aliphatic rings. The van der Waals surface area contributed by atoms with E-state index in [1.165, 1.54) is 0 Å². The Morgan fingerprint density at radius 2 is 1.77 bits per heavy atom. The maximum absolute atomic E-state index is 9.79. The first-order chi connectivity index (χ1) is 12.3.